The highest BCUT2D eigenvalue weighted by atomic mass is 19.1. The molecule has 0 aromatic rings. The first kappa shape index (κ1) is 7.99. The molecule has 1 saturated carbocycles. The fourth-order valence-electron chi connectivity index (χ4n) is 1.31. The van der Waals surface area contributed by atoms with E-state index in [0.29, 0.717) is 25.7 Å². The van der Waals surface area contributed by atoms with Crippen LogP contribution in [0.25, 0.3) is 0 Å². The highest BCUT2D eigenvalue weighted by Crippen LogP contribution is 2.36. The summed E-state index contributed by atoms with van der Waals surface area (Å²) in [4.78, 5) is 0. The molecule has 1 aliphatic carbocycles. The summed E-state index contributed by atoms with van der Waals surface area (Å²) in [5, 5.41) is 9.44. The Balaban J connectivity index is 2.46. The second-order valence-electron chi connectivity index (χ2n) is 3.91. The molecule has 0 radical (unpaired) electrons. The molecule has 0 bridgehead atoms. The Hall–Kier alpha value is -0.110. The van der Waals surface area contributed by atoms with Crippen molar-refractivity contribution in [1.29, 1.82) is 0 Å². The molecular formula is C8H15FO. The van der Waals surface area contributed by atoms with Crippen molar-refractivity contribution in [3.05, 3.63) is 0 Å². The third kappa shape index (κ3) is 1.94. The average Bonchev–Trinajstić information content (AvgIpc) is 1.79. The minimum absolute atomic E-state index is 0.500. The number of hydrogen-bond acceptors (Lipinski definition) is 1. The molecule has 2 heteroatoms. The van der Waals surface area contributed by atoms with Gasteiger partial charge in [0.2, 0.25) is 0 Å². The highest BCUT2D eigenvalue weighted by Gasteiger charge is 2.35. The highest BCUT2D eigenvalue weighted by molar-refractivity contribution is 4.88. The fraction of sp³-hybridized carbons (Fsp3) is 1.00. The van der Waals surface area contributed by atoms with Crippen LogP contribution in [0.5, 0.6) is 0 Å². The SMILES string of the molecule is CC1(O)CCC(C)(F)CC1. The Labute approximate surface area is 61.2 Å². The van der Waals surface area contributed by atoms with E-state index in [1.54, 1.807) is 13.8 Å². The van der Waals surface area contributed by atoms with Crippen molar-refractivity contribution in [3.8, 4) is 0 Å². The van der Waals surface area contributed by atoms with Gasteiger partial charge in [0.05, 0.1) is 5.60 Å². The molecule has 1 aliphatic rings. The topological polar surface area (TPSA) is 20.2 Å². The summed E-state index contributed by atoms with van der Waals surface area (Å²) in [5.41, 5.74) is -1.63. The number of aliphatic hydroxyl groups is 1. The summed E-state index contributed by atoms with van der Waals surface area (Å²) in [6.45, 7) is 3.39. The van der Waals surface area contributed by atoms with Crippen LogP contribution in [0.4, 0.5) is 4.39 Å². The molecule has 0 spiro atoms. The summed E-state index contributed by atoms with van der Waals surface area (Å²) < 4.78 is 13.1. The summed E-state index contributed by atoms with van der Waals surface area (Å²) in [6.07, 6.45) is 2.19. The van der Waals surface area contributed by atoms with Gasteiger partial charge in [0.25, 0.3) is 0 Å². The molecular weight excluding hydrogens is 131 g/mol. The maximum atomic E-state index is 13.1. The van der Waals surface area contributed by atoms with E-state index in [1.165, 1.54) is 0 Å². The van der Waals surface area contributed by atoms with E-state index in [0.717, 1.165) is 0 Å². The van der Waals surface area contributed by atoms with Crippen LogP contribution in [0.2, 0.25) is 0 Å². The van der Waals surface area contributed by atoms with Crippen molar-refractivity contribution in [1.82, 2.24) is 0 Å². The summed E-state index contributed by atoms with van der Waals surface area (Å²) in [7, 11) is 0. The largest absolute Gasteiger partial charge is 0.390 e. The predicted molar refractivity (Wildman–Crippen MR) is 38.6 cm³/mol. The molecule has 60 valence electrons. The van der Waals surface area contributed by atoms with E-state index in [2.05, 4.69) is 0 Å². The van der Waals surface area contributed by atoms with Gasteiger partial charge in [-0.15, -0.1) is 0 Å². The molecule has 0 aliphatic heterocycles. The first-order valence-electron chi connectivity index (χ1n) is 3.83. The van der Waals surface area contributed by atoms with Gasteiger partial charge in [0.15, 0.2) is 0 Å². The number of hydrogen-bond donors (Lipinski definition) is 1. The minimum Gasteiger partial charge on any atom is -0.390 e. The van der Waals surface area contributed by atoms with E-state index >= 15 is 0 Å². The van der Waals surface area contributed by atoms with E-state index < -0.39 is 11.3 Å². The van der Waals surface area contributed by atoms with Gasteiger partial charge in [0, 0.05) is 0 Å². The monoisotopic (exact) mass is 146 g/mol. The zero-order chi connectivity index (χ0) is 7.83. The Morgan fingerprint density at radius 1 is 1.10 bits per heavy atom. The first-order chi connectivity index (χ1) is 4.41. The molecule has 0 atom stereocenters. The molecule has 0 aromatic carbocycles. The van der Waals surface area contributed by atoms with Gasteiger partial charge < -0.3 is 5.11 Å². The Morgan fingerprint density at radius 3 is 1.80 bits per heavy atom. The number of rotatable bonds is 0. The summed E-state index contributed by atoms with van der Waals surface area (Å²) in [5.74, 6) is 0. The maximum Gasteiger partial charge on any atom is 0.108 e. The van der Waals surface area contributed by atoms with Gasteiger partial charge in [-0.1, -0.05) is 0 Å². The van der Waals surface area contributed by atoms with Crippen molar-refractivity contribution in [2.75, 3.05) is 0 Å². The zero-order valence-corrected chi connectivity index (χ0v) is 6.65. The zero-order valence-electron chi connectivity index (χ0n) is 6.65. The fourth-order valence-corrected chi connectivity index (χ4v) is 1.31. The first-order valence-corrected chi connectivity index (χ1v) is 3.83. The maximum absolute atomic E-state index is 13.1. The lowest BCUT2D eigenvalue weighted by molar-refractivity contribution is -0.0262. The van der Waals surface area contributed by atoms with Crippen LogP contribution in [0.3, 0.4) is 0 Å². The normalized spacial score (nSPS) is 49.2. The van der Waals surface area contributed by atoms with E-state index in [-0.39, 0.29) is 0 Å². The van der Waals surface area contributed by atoms with E-state index in [4.69, 9.17) is 0 Å². The molecule has 0 saturated heterocycles. The smallest absolute Gasteiger partial charge is 0.108 e. The van der Waals surface area contributed by atoms with Crippen LogP contribution < -0.4 is 0 Å². The molecule has 1 rings (SSSR count). The number of halogens is 1. The van der Waals surface area contributed by atoms with Crippen molar-refractivity contribution in [2.45, 2.75) is 50.8 Å². The molecule has 0 aromatic heterocycles. The standard InChI is InChI=1S/C8H15FO/c1-7(9)3-5-8(2,10)6-4-7/h10H,3-6H2,1-2H3. The van der Waals surface area contributed by atoms with Crippen LogP contribution in [-0.2, 0) is 0 Å². The van der Waals surface area contributed by atoms with Gasteiger partial charge in [0.1, 0.15) is 5.67 Å². The van der Waals surface area contributed by atoms with Crippen LogP contribution in [0.15, 0.2) is 0 Å². The van der Waals surface area contributed by atoms with Crippen molar-refractivity contribution in [2.24, 2.45) is 0 Å². The predicted octanol–water partition coefficient (Wildman–Crippen LogP) is 2.04. The second kappa shape index (κ2) is 2.19. The summed E-state index contributed by atoms with van der Waals surface area (Å²) in [6, 6.07) is 0. The van der Waals surface area contributed by atoms with Gasteiger partial charge in [-0.2, -0.15) is 0 Å². The molecule has 10 heavy (non-hydrogen) atoms. The van der Waals surface area contributed by atoms with Crippen LogP contribution in [0, 0.1) is 0 Å². The third-order valence-corrected chi connectivity index (χ3v) is 2.37. The Bertz CT molecular complexity index is 101. The van der Waals surface area contributed by atoms with Crippen LogP contribution in [-0.4, -0.2) is 16.4 Å². The molecule has 1 N–H and O–H groups in total. The Kier molecular flexibility index (Phi) is 1.75. The van der Waals surface area contributed by atoms with Crippen LogP contribution >= 0.6 is 0 Å². The quantitative estimate of drug-likeness (QED) is 0.554. The van der Waals surface area contributed by atoms with E-state index in [1.807, 2.05) is 0 Å². The van der Waals surface area contributed by atoms with Crippen molar-refractivity contribution >= 4 is 0 Å². The Morgan fingerprint density at radius 2 is 1.50 bits per heavy atom. The van der Waals surface area contributed by atoms with Gasteiger partial charge in [-0.3, -0.25) is 0 Å². The lowest BCUT2D eigenvalue weighted by Crippen LogP contribution is -2.36. The molecule has 1 fully saturated rings. The number of alkyl halides is 1. The molecule has 0 unspecified atom stereocenters. The molecule has 0 heterocycles. The van der Waals surface area contributed by atoms with Gasteiger partial charge in [-0.05, 0) is 39.5 Å². The van der Waals surface area contributed by atoms with Crippen molar-refractivity contribution < 1.29 is 9.50 Å². The second-order valence-corrected chi connectivity index (χ2v) is 3.91. The lowest BCUT2D eigenvalue weighted by atomic mass is 9.79. The van der Waals surface area contributed by atoms with Gasteiger partial charge in [-0.25, -0.2) is 4.39 Å². The molecule has 1 nitrogen and oxygen atoms in total. The summed E-state index contributed by atoms with van der Waals surface area (Å²) >= 11 is 0. The lowest BCUT2D eigenvalue weighted by Gasteiger charge is -2.35. The van der Waals surface area contributed by atoms with E-state index in [9.17, 15) is 9.50 Å². The average molecular weight is 146 g/mol. The van der Waals surface area contributed by atoms with Gasteiger partial charge >= 0.3 is 0 Å². The minimum atomic E-state index is -1.03. The third-order valence-electron chi connectivity index (χ3n) is 2.37. The van der Waals surface area contributed by atoms with Crippen molar-refractivity contribution in [3.63, 3.8) is 0 Å². The van der Waals surface area contributed by atoms with Crippen LogP contribution in [0.1, 0.15) is 39.5 Å². The molecule has 0 amide bonds.